The number of benzene rings is 1. The quantitative estimate of drug-likeness (QED) is 0.766. The molecule has 0 amide bonds. The Bertz CT molecular complexity index is 517. The monoisotopic (exact) mass is 282 g/mol. The van der Waals surface area contributed by atoms with Gasteiger partial charge in [0.2, 0.25) is 0 Å². The maximum absolute atomic E-state index is 13.0. The minimum absolute atomic E-state index is 0.228. The van der Waals surface area contributed by atoms with E-state index in [1.54, 1.807) is 12.1 Å². The number of anilines is 1. The van der Waals surface area contributed by atoms with Gasteiger partial charge in [-0.05, 0) is 38.0 Å². The third kappa shape index (κ3) is 3.06. The van der Waals surface area contributed by atoms with Crippen LogP contribution in [0.15, 0.2) is 18.2 Å². The number of nitriles is 1. The summed E-state index contributed by atoms with van der Waals surface area (Å²) in [6, 6.07) is 5.85. The molecule has 1 fully saturated rings. The Labute approximate surface area is 116 Å². The molecule has 1 aliphatic rings. The molecule has 0 radical (unpaired) electrons. The fourth-order valence-corrected chi connectivity index (χ4v) is 2.70. The zero-order chi connectivity index (χ0) is 14.8. The molecule has 0 saturated carbocycles. The van der Waals surface area contributed by atoms with E-state index in [1.165, 1.54) is 6.07 Å². The van der Waals surface area contributed by atoms with Gasteiger partial charge in [-0.1, -0.05) is 12.8 Å². The van der Waals surface area contributed by atoms with Crippen molar-refractivity contribution in [3.8, 4) is 6.07 Å². The first-order valence-electron chi connectivity index (χ1n) is 6.81. The van der Waals surface area contributed by atoms with Crippen LogP contribution >= 0.6 is 0 Å². The number of hydrogen-bond donors (Lipinski definition) is 0. The van der Waals surface area contributed by atoms with E-state index in [0.29, 0.717) is 5.69 Å². The molecule has 1 heterocycles. The summed E-state index contributed by atoms with van der Waals surface area (Å²) < 4.78 is 39.0. The summed E-state index contributed by atoms with van der Waals surface area (Å²) in [4.78, 5) is 2.02. The standard InChI is InChI=1S/C15H17F3N2/c1-11-5-3-2-4-8-20(11)13-7-6-12(10-19)14(9-13)15(16,17)18/h6-7,9,11H,2-5,8H2,1H3. The molecule has 1 aromatic carbocycles. The lowest BCUT2D eigenvalue weighted by molar-refractivity contribution is -0.137. The minimum Gasteiger partial charge on any atom is -0.369 e. The lowest BCUT2D eigenvalue weighted by Crippen LogP contribution is -2.32. The molecule has 0 spiro atoms. The van der Waals surface area contributed by atoms with E-state index in [4.69, 9.17) is 5.26 Å². The Hall–Kier alpha value is -1.70. The fraction of sp³-hybridized carbons (Fsp3) is 0.533. The SMILES string of the molecule is CC1CCCCCN1c1ccc(C#N)c(C(F)(F)F)c1. The average molecular weight is 282 g/mol. The fourth-order valence-electron chi connectivity index (χ4n) is 2.70. The van der Waals surface area contributed by atoms with Crippen molar-refractivity contribution in [2.45, 2.75) is 44.8 Å². The Balaban J connectivity index is 2.40. The number of halogens is 3. The molecule has 0 bridgehead atoms. The first-order valence-corrected chi connectivity index (χ1v) is 6.81. The topological polar surface area (TPSA) is 27.0 Å². The molecule has 1 aliphatic heterocycles. The normalized spacial score (nSPS) is 20.4. The van der Waals surface area contributed by atoms with Gasteiger partial charge in [-0.3, -0.25) is 0 Å². The Morgan fingerprint density at radius 2 is 2.00 bits per heavy atom. The lowest BCUT2D eigenvalue weighted by Gasteiger charge is -2.30. The maximum atomic E-state index is 13.0. The van der Waals surface area contributed by atoms with E-state index in [-0.39, 0.29) is 11.6 Å². The van der Waals surface area contributed by atoms with Gasteiger partial charge in [-0.2, -0.15) is 18.4 Å². The van der Waals surface area contributed by atoms with Gasteiger partial charge in [0.05, 0.1) is 17.2 Å². The predicted molar refractivity (Wildman–Crippen MR) is 71.4 cm³/mol. The van der Waals surface area contributed by atoms with Gasteiger partial charge in [-0.25, -0.2) is 0 Å². The Morgan fingerprint density at radius 1 is 1.25 bits per heavy atom. The van der Waals surface area contributed by atoms with Gasteiger partial charge in [0.15, 0.2) is 0 Å². The van der Waals surface area contributed by atoms with Crippen molar-refractivity contribution in [2.24, 2.45) is 0 Å². The largest absolute Gasteiger partial charge is 0.417 e. The Kier molecular flexibility index (Phi) is 4.22. The summed E-state index contributed by atoms with van der Waals surface area (Å²) in [5, 5.41) is 8.82. The number of alkyl halides is 3. The van der Waals surface area contributed by atoms with Gasteiger partial charge in [0.1, 0.15) is 0 Å². The second kappa shape index (κ2) is 5.74. The molecule has 1 unspecified atom stereocenters. The molecule has 0 aromatic heterocycles. The van der Waals surface area contributed by atoms with Crippen LogP contribution in [0.5, 0.6) is 0 Å². The molecule has 5 heteroatoms. The molecule has 2 rings (SSSR count). The van der Waals surface area contributed by atoms with E-state index in [9.17, 15) is 13.2 Å². The molecule has 0 aliphatic carbocycles. The summed E-state index contributed by atoms with van der Waals surface area (Å²) in [5.74, 6) is 0. The first kappa shape index (κ1) is 14.7. The average Bonchev–Trinajstić information content (AvgIpc) is 2.62. The lowest BCUT2D eigenvalue weighted by atomic mass is 10.1. The molecule has 1 aromatic rings. The zero-order valence-electron chi connectivity index (χ0n) is 11.4. The summed E-state index contributed by atoms with van der Waals surface area (Å²) in [7, 11) is 0. The van der Waals surface area contributed by atoms with Crippen molar-refractivity contribution in [3.05, 3.63) is 29.3 Å². The van der Waals surface area contributed by atoms with Crippen LogP contribution in [0.4, 0.5) is 18.9 Å². The molecule has 1 saturated heterocycles. The third-order valence-corrected chi connectivity index (χ3v) is 3.81. The molecule has 20 heavy (non-hydrogen) atoms. The molecular formula is C15H17F3N2. The molecule has 2 nitrogen and oxygen atoms in total. The van der Waals surface area contributed by atoms with E-state index >= 15 is 0 Å². The van der Waals surface area contributed by atoms with Crippen molar-refractivity contribution in [2.75, 3.05) is 11.4 Å². The van der Waals surface area contributed by atoms with E-state index in [1.807, 2.05) is 11.8 Å². The van der Waals surface area contributed by atoms with Crippen molar-refractivity contribution in [3.63, 3.8) is 0 Å². The van der Waals surface area contributed by atoms with Gasteiger partial charge >= 0.3 is 6.18 Å². The van der Waals surface area contributed by atoms with E-state index < -0.39 is 11.7 Å². The second-order valence-electron chi connectivity index (χ2n) is 5.23. The second-order valence-corrected chi connectivity index (χ2v) is 5.23. The number of rotatable bonds is 1. The highest BCUT2D eigenvalue weighted by Gasteiger charge is 2.34. The summed E-state index contributed by atoms with van der Waals surface area (Å²) in [6.07, 6.45) is -0.285. The van der Waals surface area contributed by atoms with Crippen molar-refractivity contribution in [1.29, 1.82) is 5.26 Å². The predicted octanol–water partition coefficient (Wildman–Crippen LogP) is 4.35. The third-order valence-electron chi connectivity index (χ3n) is 3.81. The molecule has 108 valence electrons. The zero-order valence-corrected chi connectivity index (χ0v) is 11.4. The van der Waals surface area contributed by atoms with Gasteiger partial charge in [-0.15, -0.1) is 0 Å². The first-order chi connectivity index (χ1) is 9.43. The van der Waals surface area contributed by atoms with Crippen molar-refractivity contribution < 1.29 is 13.2 Å². The Morgan fingerprint density at radius 3 is 2.65 bits per heavy atom. The summed E-state index contributed by atoms with van der Waals surface area (Å²) in [6.45, 7) is 2.81. The smallest absolute Gasteiger partial charge is 0.369 e. The van der Waals surface area contributed by atoms with Crippen LogP contribution in [-0.2, 0) is 6.18 Å². The number of nitrogens with zero attached hydrogens (tertiary/aromatic N) is 2. The maximum Gasteiger partial charge on any atom is 0.417 e. The van der Waals surface area contributed by atoms with Crippen molar-refractivity contribution >= 4 is 5.69 Å². The van der Waals surface area contributed by atoms with E-state index in [0.717, 1.165) is 38.3 Å². The van der Waals surface area contributed by atoms with Gasteiger partial charge < -0.3 is 4.90 Å². The van der Waals surface area contributed by atoms with Crippen LogP contribution in [0.1, 0.15) is 43.7 Å². The van der Waals surface area contributed by atoms with Gasteiger partial charge in [0, 0.05) is 18.3 Å². The van der Waals surface area contributed by atoms with Crippen LogP contribution in [0.2, 0.25) is 0 Å². The van der Waals surface area contributed by atoms with Crippen LogP contribution in [-0.4, -0.2) is 12.6 Å². The van der Waals surface area contributed by atoms with Crippen LogP contribution in [0, 0.1) is 11.3 Å². The minimum atomic E-state index is -4.49. The highest BCUT2D eigenvalue weighted by molar-refractivity contribution is 5.55. The molecule has 1 atom stereocenters. The van der Waals surface area contributed by atoms with E-state index in [2.05, 4.69) is 0 Å². The molecule has 0 N–H and O–H groups in total. The van der Waals surface area contributed by atoms with Gasteiger partial charge in [0.25, 0.3) is 0 Å². The summed E-state index contributed by atoms with van der Waals surface area (Å²) in [5.41, 5.74) is -0.594. The number of hydrogen-bond acceptors (Lipinski definition) is 2. The van der Waals surface area contributed by atoms with Crippen molar-refractivity contribution in [1.82, 2.24) is 0 Å². The summed E-state index contributed by atoms with van der Waals surface area (Å²) >= 11 is 0. The highest BCUT2D eigenvalue weighted by atomic mass is 19.4. The van der Waals surface area contributed by atoms with Crippen LogP contribution < -0.4 is 4.90 Å². The van der Waals surface area contributed by atoms with Crippen LogP contribution in [0.3, 0.4) is 0 Å². The van der Waals surface area contributed by atoms with Crippen LogP contribution in [0.25, 0.3) is 0 Å². The highest BCUT2D eigenvalue weighted by Crippen LogP contribution is 2.35. The molecular weight excluding hydrogens is 265 g/mol.